The summed E-state index contributed by atoms with van der Waals surface area (Å²) in [6.07, 6.45) is 1.36. The van der Waals surface area contributed by atoms with E-state index in [0.29, 0.717) is 22.8 Å². The van der Waals surface area contributed by atoms with Crippen LogP contribution in [0.3, 0.4) is 0 Å². The molecule has 0 fully saturated rings. The van der Waals surface area contributed by atoms with E-state index in [1.807, 2.05) is 31.2 Å². The van der Waals surface area contributed by atoms with Crippen molar-refractivity contribution in [1.82, 2.24) is 14.6 Å². The number of rotatable bonds is 4. The maximum Gasteiger partial charge on any atom is 0.213 e. The van der Waals surface area contributed by atoms with Gasteiger partial charge in [-0.2, -0.15) is 9.61 Å². The maximum absolute atomic E-state index is 13.0. The van der Waals surface area contributed by atoms with E-state index >= 15 is 0 Å². The highest BCUT2D eigenvalue weighted by molar-refractivity contribution is 7.16. The molecule has 0 unspecified atom stereocenters. The number of fused-ring (bicyclic) bond motifs is 1. The molecule has 124 valence electrons. The average Bonchev–Trinajstić information content (AvgIpc) is 3.14. The van der Waals surface area contributed by atoms with E-state index in [2.05, 4.69) is 10.1 Å². The van der Waals surface area contributed by atoms with E-state index in [9.17, 15) is 9.18 Å². The van der Waals surface area contributed by atoms with E-state index in [1.165, 1.54) is 23.5 Å². The molecule has 0 radical (unpaired) electrons. The van der Waals surface area contributed by atoms with Gasteiger partial charge in [-0.05, 0) is 24.6 Å². The molecular formula is C19H14FN3OS. The number of benzene rings is 2. The van der Waals surface area contributed by atoms with Crippen LogP contribution in [0.5, 0.6) is 0 Å². The van der Waals surface area contributed by atoms with Crippen LogP contribution in [0.15, 0.2) is 48.5 Å². The molecule has 4 nitrogen and oxygen atoms in total. The van der Waals surface area contributed by atoms with Gasteiger partial charge in [0.05, 0.1) is 0 Å². The first-order chi connectivity index (χ1) is 12.1. The molecule has 0 saturated heterocycles. The third-order valence-electron chi connectivity index (χ3n) is 3.99. The van der Waals surface area contributed by atoms with Crippen molar-refractivity contribution in [1.29, 1.82) is 0 Å². The van der Waals surface area contributed by atoms with Crippen LogP contribution in [-0.4, -0.2) is 20.9 Å². The van der Waals surface area contributed by atoms with Crippen LogP contribution in [0.4, 0.5) is 4.39 Å². The lowest BCUT2D eigenvalue weighted by atomic mass is 10.1. The number of aryl methyl sites for hydroxylation is 1. The summed E-state index contributed by atoms with van der Waals surface area (Å²) in [5.74, 6) is -0.260. The smallest absolute Gasteiger partial charge is 0.213 e. The third kappa shape index (κ3) is 2.96. The summed E-state index contributed by atoms with van der Waals surface area (Å²) in [7, 11) is 0. The fourth-order valence-corrected chi connectivity index (χ4v) is 3.62. The molecule has 0 saturated carbocycles. The van der Waals surface area contributed by atoms with Crippen molar-refractivity contribution in [2.24, 2.45) is 0 Å². The minimum absolute atomic E-state index is 0.260. The summed E-state index contributed by atoms with van der Waals surface area (Å²) >= 11 is 1.43. The van der Waals surface area contributed by atoms with Gasteiger partial charge >= 0.3 is 0 Å². The monoisotopic (exact) mass is 351 g/mol. The van der Waals surface area contributed by atoms with E-state index in [1.54, 1.807) is 16.6 Å². The van der Waals surface area contributed by atoms with Gasteiger partial charge in [0.25, 0.3) is 0 Å². The number of carbonyl (C=O) groups excluding carboxylic acids is 1. The molecule has 2 aromatic carbocycles. The maximum atomic E-state index is 13.0. The summed E-state index contributed by atoms with van der Waals surface area (Å²) in [6, 6.07) is 14.2. The van der Waals surface area contributed by atoms with Crippen LogP contribution in [0.2, 0.25) is 0 Å². The van der Waals surface area contributed by atoms with Crippen molar-refractivity contribution in [3.8, 4) is 11.3 Å². The number of nitrogens with zero attached hydrogens (tertiary/aromatic N) is 3. The van der Waals surface area contributed by atoms with Crippen LogP contribution in [-0.2, 0) is 6.42 Å². The Hall–Kier alpha value is -2.86. The molecule has 0 atom stereocenters. The lowest BCUT2D eigenvalue weighted by Gasteiger charge is -1.99. The fourth-order valence-electron chi connectivity index (χ4n) is 2.68. The van der Waals surface area contributed by atoms with E-state index in [4.69, 9.17) is 0 Å². The van der Waals surface area contributed by atoms with Gasteiger partial charge < -0.3 is 0 Å². The average molecular weight is 351 g/mol. The Morgan fingerprint density at radius 1 is 1.12 bits per heavy atom. The van der Waals surface area contributed by atoms with Gasteiger partial charge in [-0.15, -0.1) is 0 Å². The minimum Gasteiger partial charge on any atom is -0.296 e. The van der Waals surface area contributed by atoms with Gasteiger partial charge in [0.15, 0.2) is 6.29 Å². The quantitative estimate of drug-likeness (QED) is 0.515. The van der Waals surface area contributed by atoms with Gasteiger partial charge in [0.2, 0.25) is 4.96 Å². The molecule has 6 heteroatoms. The Morgan fingerprint density at radius 3 is 2.52 bits per heavy atom. The highest BCUT2D eigenvalue weighted by Crippen LogP contribution is 2.27. The molecule has 2 aromatic heterocycles. The fraction of sp³-hybridized carbons (Fsp3) is 0.105. The zero-order valence-electron chi connectivity index (χ0n) is 13.4. The standard InChI is InChI=1S/C19H14FN3OS/c1-12-2-6-14(7-3-12)18-16(11-24)23-19(21-18)25-17(22-23)10-13-4-8-15(20)9-5-13/h2-9,11H,10H2,1H3. The van der Waals surface area contributed by atoms with E-state index < -0.39 is 0 Å². The van der Waals surface area contributed by atoms with Gasteiger partial charge in [-0.25, -0.2) is 9.37 Å². The SMILES string of the molecule is Cc1ccc(-c2nc3sc(Cc4ccc(F)cc4)nn3c2C=O)cc1. The van der Waals surface area contributed by atoms with Crippen LogP contribution < -0.4 is 0 Å². The van der Waals surface area contributed by atoms with Crippen molar-refractivity contribution < 1.29 is 9.18 Å². The summed E-state index contributed by atoms with van der Waals surface area (Å²) in [5, 5.41) is 5.34. The molecule has 0 bridgehead atoms. The van der Waals surface area contributed by atoms with Crippen molar-refractivity contribution in [3.05, 3.63) is 76.2 Å². The number of aromatic nitrogens is 3. The molecule has 0 spiro atoms. The molecule has 25 heavy (non-hydrogen) atoms. The van der Waals surface area contributed by atoms with E-state index in [0.717, 1.165) is 28.0 Å². The summed E-state index contributed by atoms with van der Waals surface area (Å²) in [6.45, 7) is 2.01. The largest absolute Gasteiger partial charge is 0.296 e. The molecule has 0 aliphatic rings. The first kappa shape index (κ1) is 15.7. The lowest BCUT2D eigenvalue weighted by molar-refractivity contribution is 0.111. The molecular weight excluding hydrogens is 337 g/mol. The Bertz CT molecular complexity index is 1050. The van der Waals surface area contributed by atoms with Crippen LogP contribution in [0, 0.1) is 12.7 Å². The number of hydrogen-bond donors (Lipinski definition) is 0. The van der Waals surface area contributed by atoms with Crippen LogP contribution in [0.1, 0.15) is 26.6 Å². The highest BCUT2D eigenvalue weighted by Gasteiger charge is 2.17. The molecule has 0 N–H and O–H groups in total. The zero-order valence-corrected chi connectivity index (χ0v) is 14.3. The van der Waals surface area contributed by atoms with Gasteiger partial charge in [-0.1, -0.05) is 53.3 Å². The molecule has 0 amide bonds. The van der Waals surface area contributed by atoms with Gasteiger partial charge in [0, 0.05) is 12.0 Å². The first-order valence-electron chi connectivity index (χ1n) is 7.79. The predicted octanol–water partition coefficient (Wildman–Crippen LogP) is 4.31. The molecule has 0 aliphatic carbocycles. The Morgan fingerprint density at radius 2 is 1.84 bits per heavy atom. The second-order valence-electron chi connectivity index (χ2n) is 5.82. The summed E-state index contributed by atoms with van der Waals surface area (Å²) < 4.78 is 14.6. The van der Waals surface area contributed by atoms with E-state index in [-0.39, 0.29) is 5.82 Å². The minimum atomic E-state index is -0.260. The van der Waals surface area contributed by atoms with Crippen molar-refractivity contribution >= 4 is 22.6 Å². The number of imidazole rings is 1. The van der Waals surface area contributed by atoms with Crippen LogP contribution in [0.25, 0.3) is 16.2 Å². The number of hydrogen-bond acceptors (Lipinski definition) is 4. The van der Waals surface area contributed by atoms with Crippen molar-refractivity contribution in [2.45, 2.75) is 13.3 Å². The zero-order chi connectivity index (χ0) is 17.4. The molecule has 2 heterocycles. The predicted molar refractivity (Wildman–Crippen MR) is 95.6 cm³/mol. The summed E-state index contributed by atoms with van der Waals surface area (Å²) in [5.41, 5.74) is 4.09. The molecule has 0 aliphatic heterocycles. The summed E-state index contributed by atoms with van der Waals surface area (Å²) in [4.78, 5) is 16.9. The number of aldehydes is 1. The van der Waals surface area contributed by atoms with Crippen LogP contribution >= 0.6 is 11.3 Å². The third-order valence-corrected chi connectivity index (χ3v) is 4.89. The highest BCUT2D eigenvalue weighted by atomic mass is 32.1. The normalized spacial score (nSPS) is 11.1. The molecule has 4 aromatic rings. The second kappa shape index (κ2) is 6.22. The first-order valence-corrected chi connectivity index (χ1v) is 8.61. The Balaban J connectivity index is 1.72. The van der Waals surface area contributed by atoms with Crippen molar-refractivity contribution in [3.63, 3.8) is 0 Å². The second-order valence-corrected chi connectivity index (χ2v) is 6.86. The Labute approximate surface area is 147 Å². The lowest BCUT2D eigenvalue weighted by Crippen LogP contribution is -1.96. The van der Waals surface area contributed by atoms with Crippen molar-refractivity contribution in [2.75, 3.05) is 0 Å². The van der Waals surface area contributed by atoms with Gasteiger partial charge in [-0.3, -0.25) is 4.79 Å². The Kier molecular flexibility index (Phi) is 3.89. The van der Waals surface area contributed by atoms with Gasteiger partial charge in [0.1, 0.15) is 22.2 Å². The number of halogens is 1. The molecule has 4 rings (SSSR count). The topological polar surface area (TPSA) is 47.3 Å². The number of carbonyl (C=O) groups is 1.